The largest absolute Gasteiger partial charge is 0.398 e. The Morgan fingerprint density at radius 2 is 1.42 bits per heavy atom. The van der Waals surface area contributed by atoms with E-state index >= 15 is 0 Å². The summed E-state index contributed by atoms with van der Waals surface area (Å²) in [6.07, 6.45) is 0. The van der Waals surface area contributed by atoms with Crippen LogP contribution < -0.4 is 5.73 Å². The zero-order valence-electron chi connectivity index (χ0n) is 11.7. The van der Waals surface area contributed by atoms with Crippen LogP contribution in [0.25, 0.3) is 11.1 Å². The van der Waals surface area contributed by atoms with Crippen molar-refractivity contribution in [3.63, 3.8) is 0 Å². The lowest BCUT2D eigenvalue weighted by atomic mass is 9.99. The van der Waals surface area contributed by atoms with Crippen molar-refractivity contribution in [3.8, 4) is 22.6 Å². The van der Waals surface area contributed by atoms with E-state index in [-0.39, 0.29) is 0 Å². The van der Waals surface area contributed by atoms with E-state index in [9.17, 15) is 0 Å². The molecule has 0 amide bonds. The Labute approximate surface area is 116 Å². The molecule has 2 aromatic rings. The van der Waals surface area contributed by atoms with Crippen LogP contribution in [-0.4, -0.2) is 8.07 Å². The molecule has 2 N–H and O–H groups in total. The standard InChI is InChI=1S/C17H19NSi/c1-19(2,3)13-12-14-8-4-5-9-15(14)16-10-6-7-11-17(16)18/h4-11H,18H2,1-3H3. The van der Waals surface area contributed by atoms with Crippen molar-refractivity contribution < 1.29 is 0 Å². The Morgan fingerprint density at radius 3 is 2.05 bits per heavy atom. The quantitative estimate of drug-likeness (QED) is 0.467. The second kappa shape index (κ2) is 5.34. The summed E-state index contributed by atoms with van der Waals surface area (Å²) in [4.78, 5) is 0. The van der Waals surface area contributed by atoms with Gasteiger partial charge in [-0.15, -0.1) is 5.54 Å². The summed E-state index contributed by atoms with van der Waals surface area (Å²) < 4.78 is 0. The van der Waals surface area contributed by atoms with E-state index in [2.05, 4.69) is 43.2 Å². The monoisotopic (exact) mass is 265 g/mol. The summed E-state index contributed by atoms with van der Waals surface area (Å²) in [7, 11) is -1.37. The fourth-order valence-corrected chi connectivity index (χ4v) is 2.33. The van der Waals surface area contributed by atoms with Gasteiger partial charge in [0.15, 0.2) is 0 Å². The highest BCUT2D eigenvalue weighted by Crippen LogP contribution is 2.28. The van der Waals surface area contributed by atoms with Crippen LogP contribution in [-0.2, 0) is 0 Å². The van der Waals surface area contributed by atoms with Crippen molar-refractivity contribution >= 4 is 13.8 Å². The molecule has 19 heavy (non-hydrogen) atoms. The van der Waals surface area contributed by atoms with Crippen molar-refractivity contribution in [2.45, 2.75) is 19.6 Å². The normalized spacial score (nSPS) is 10.7. The summed E-state index contributed by atoms with van der Waals surface area (Å²) >= 11 is 0. The van der Waals surface area contributed by atoms with Crippen LogP contribution in [0.1, 0.15) is 5.56 Å². The molecule has 0 heterocycles. The van der Waals surface area contributed by atoms with Gasteiger partial charge in [0.2, 0.25) is 0 Å². The first-order valence-corrected chi connectivity index (χ1v) is 9.94. The number of benzene rings is 2. The van der Waals surface area contributed by atoms with Gasteiger partial charge in [-0.3, -0.25) is 0 Å². The van der Waals surface area contributed by atoms with Crippen molar-refractivity contribution in [2.24, 2.45) is 0 Å². The number of hydrogen-bond acceptors (Lipinski definition) is 1. The van der Waals surface area contributed by atoms with Crippen LogP contribution >= 0.6 is 0 Å². The minimum atomic E-state index is -1.37. The summed E-state index contributed by atoms with van der Waals surface area (Å²) in [6, 6.07) is 16.1. The van der Waals surface area contributed by atoms with Crippen molar-refractivity contribution in [1.82, 2.24) is 0 Å². The number of nitrogens with two attached hydrogens (primary N) is 1. The average molecular weight is 265 g/mol. The molecule has 96 valence electrons. The average Bonchev–Trinajstić information content (AvgIpc) is 2.37. The van der Waals surface area contributed by atoms with E-state index in [0.717, 1.165) is 22.4 Å². The first-order chi connectivity index (χ1) is 8.97. The van der Waals surface area contributed by atoms with Crippen LogP contribution in [0.3, 0.4) is 0 Å². The maximum absolute atomic E-state index is 6.06. The van der Waals surface area contributed by atoms with E-state index in [1.54, 1.807) is 0 Å². The minimum Gasteiger partial charge on any atom is -0.398 e. The van der Waals surface area contributed by atoms with E-state index < -0.39 is 8.07 Å². The molecular weight excluding hydrogens is 246 g/mol. The maximum Gasteiger partial charge on any atom is 0.129 e. The number of hydrogen-bond donors (Lipinski definition) is 1. The molecule has 2 aromatic carbocycles. The summed E-state index contributed by atoms with van der Waals surface area (Å²) in [5, 5.41) is 0. The van der Waals surface area contributed by atoms with Crippen LogP contribution in [0.5, 0.6) is 0 Å². The lowest BCUT2D eigenvalue weighted by Gasteiger charge is -2.09. The van der Waals surface area contributed by atoms with Gasteiger partial charge in [0, 0.05) is 16.8 Å². The molecule has 0 saturated heterocycles. The lowest BCUT2D eigenvalue weighted by Crippen LogP contribution is -2.16. The second-order valence-electron chi connectivity index (χ2n) is 5.63. The zero-order valence-corrected chi connectivity index (χ0v) is 12.7. The summed E-state index contributed by atoms with van der Waals surface area (Å²) in [5.74, 6) is 3.34. The van der Waals surface area contributed by atoms with Crippen LogP contribution in [0.2, 0.25) is 19.6 Å². The lowest BCUT2D eigenvalue weighted by molar-refractivity contribution is 1.58. The van der Waals surface area contributed by atoms with Gasteiger partial charge in [-0.25, -0.2) is 0 Å². The molecule has 1 nitrogen and oxygen atoms in total. The molecule has 0 aliphatic carbocycles. The van der Waals surface area contributed by atoms with E-state index in [1.165, 1.54) is 0 Å². The fraction of sp³-hybridized carbons (Fsp3) is 0.176. The number of nitrogen functional groups attached to an aromatic ring is 1. The number of para-hydroxylation sites is 1. The molecule has 0 aliphatic heterocycles. The van der Waals surface area contributed by atoms with Gasteiger partial charge >= 0.3 is 0 Å². The SMILES string of the molecule is C[Si](C)(C)C#Cc1ccccc1-c1ccccc1N. The van der Waals surface area contributed by atoms with Gasteiger partial charge in [0.1, 0.15) is 8.07 Å². The van der Waals surface area contributed by atoms with E-state index in [0.29, 0.717) is 0 Å². The second-order valence-corrected chi connectivity index (χ2v) is 10.4. The minimum absolute atomic E-state index is 0.796. The third-order valence-corrected chi connectivity index (χ3v) is 3.63. The zero-order chi connectivity index (χ0) is 13.9. The topological polar surface area (TPSA) is 26.0 Å². The van der Waals surface area contributed by atoms with E-state index in [4.69, 9.17) is 5.73 Å². The summed E-state index contributed by atoms with van der Waals surface area (Å²) in [5.41, 5.74) is 13.5. The molecule has 0 spiro atoms. The Morgan fingerprint density at radius 1 is 0.842 bits per heavy atom. The van der Waals surface area contributed by atoms with Crippen LogP contribution in [0.15, 0.2) is 48.5 Å². The number of rotatable bonds is 1. The molecule has 0 radical (unpaired) electrons. The maximum atomic E-state index is 6.06. The Balaban J connectivity index is 2.54. The summed E-state index contributed by atoms with van der Waals surface area (Å²) in [6.45, 7) is 6.75. The van der Waals surface area contributed by atoms with Crippen molar-refractivity contribution in [1.29, 1.82) is 0 Å². The first kappa shape index (κ1) is 13.4. The molecule has 2 rings (SSSR count). The molecule has 0 atom stereocenters. The van der Waals surface area contributed by atoms with Crippen molar-refractivity contribution in [3.05, 3.63) is 54.1 Å². The first-order valence-electron chi connectivity index (χ1n) is 6.44. The molecule has 0 saturated carbocycles. The molecule has 0 aromatic heterocycles. The highest BCUT2D eigenvalue weighted by atomic mass is 28.3. The molecule has 2 heteroatoms. The van der Waals surface area contributed by atoms with Crippen molar-refractivity contribution in [2.75, 3.05) is 5.73 Å². The van der Waals surface area contributed by atoms with Crippen LogP contribution in [0, 0.1) is 11.5 Å². The van der Waals surface area contributed by atoms with Gasteiger partial charge in [0.05, 0.1) is 0 Å². The van der Waals surface area contributed by atoms with Crippen LogP contribution in [0.4, 0.5) is 5.69 Å². The van der Waals surface area contributed by atoms with E-state index in [1.807, 2.05) is 36.4 Å². The van der Waals surface area contributed by atoms with Gasteiger partial charge < -0.3 is 5.73 Å². The highest BCUT2D eigenvalue weighted by molar-refractivity contribution is 6.83. The smallest absolute Gasteiger partial charge is 0.129 e. The highest BCUT2D eigenvalue weighted by Gasteiger charge is 2.09. The van der Waals surface area contributed by atoms with Gasteiger partial charge in [-0.05, 0) is 17.7 Å². The van der Waals surface area contributed by atoms with Gasteiger partial charge in [0.25, 0.3) is 0 Å². The molecular formula is C17H19NSi. The Bertz CT molecular complexity index is 642. The molecule has 0 unspecified atom stereocenters. The Kier molecular flexibility index (Phi) is 3.78. The third-order valence-electron chi connectivity index (χ3n) is 2.75. The molecule has 0 bridgehead atoms. The molecule has 0 aliphatic rings. The Hall–Kier alpha value is -1.98. The predicted octanol–water partition coefficient (Wildman–Crippen LogP) is 4.16. The third kappa shape index (κ3) is 3.49. The molecule has 0 fully saturated rings. The predicted molar refractivity (Wildman–Crippen MR) is 86.5 cm³/mol. The van der Waals surface area contributed by atoms with Gasteiger partial charge in [-0.2, -0.15) is 0 Å². The fourth-order valence-electron chi connectivity index (χ4n) is 1.82. The number of anilines is 1. The van der Waals surface area contributed by atoms with Gasteiger partial charge in [-0.1, -0.05) is 62.0 Å².